The predicted molar refractivity (Wildman–Crippen MR) is 81.4 cm³/mol. The molecule has 2 rings (SSSR count). The molecule has 0 aliphatic rings. The van der Waals surface area contributed by atoms with Crippen LogP contribution >= 0.6 is 22.6 Å². The molecule has 98 valence electrons. The Morgan fingerprint density at radius 3 is 2.42 bits per heavy atom. The normalized spacial score (nSPS) is 11.9. The van der Waals surface area contributed by atoms with Gasteiger partial charge in [-0.3, -0.25) is 4.79 Å². The van der Waals surface area contributed by atoms with Crippen molar-refractivity contribution in [3.8, 4) is 0 Å². The first-order valence-corrected chi connectivity index (χ1v) is 6.96. The Bertz CT molecular complexity index is 583. The van der Waals surface area contributed by atoms with Gasteiger partial charge in [0.05, 0.1) is 11.6 Å². The molecule has 19 heavy (non-hydrogen) atoms. The van der Waals surface area contributed by atoms with E-state index >= 15 is 0 Å². The van der Waals surface area contributed by atoms with Crippen LogP contribution in [0.1, 0.15) is 28.9 Å². The number of hydrogen-bond donors (Lipinski definition) is 1. The van der Waals surface area contributed by atoms with Gasteiger partial charge >= 0.3 is 0 Å². The second-order valence-corrected chi connectivity index (χ2v) is 5.39. The third-order valence-corrected chi connectivity index (χ3v) is 3.78. The van der Waals surface area contributed by atoms with Gasteiger partial charge in [0.1, 0.15) is 5.82 Å². The predicted octanol–water partition coefficient (Wildman–Crippen LogP) is 3.92. The fourth-order valence-corrected chi connectivity index (χ4v) is 2.39. The lowest BCUT2D eigenvalue weighted by molar-refractivity contribution is 0.0939. The maximum absolute atomic E-state index is 12.8. The highest BCUT2D eigenvalue weighted by Crippen LogP contribution is 2.16. The van der Waals surface area contributed by atoms with Crippen molar-refractivity contribution in [1.29, 1.82) is 0 Å². The van der Waals surface area contributed by atoms with Crippen molar-refractivity contribution in [1.82, 2.24) is 5.32 Å². The molecule has 1 unspecified atom stereocenters. The summed E-state index contributed by atoms with van der Waals surface area (Å²) in [6.45, 7) is 1.88. The summed E-state index contributed by atoms with van der Waals surface area (Å²) in [5.74, 6) is -0.401. The molecule has 2 aromatic carbocycles. The SMILES string of the molecule is CC(NC(=O)c1ccccc1I)c1ccc(F)cc1. The summed E-state index contributed by atoms with van der Waals surface area (Å²) < 4.78 is 13.7. The summed E-state index contributed by atoms with van der Waals surface area (Å²) in [5, 5.41) is 2.91. The van der Waals surface area contributed by atoms with Gasteiger partial charge in [0.2, 0.25) is 0 Å². The molecule has 4 heteroatoms. The zero-order chi connectivity index (χ0) is 13.8. The second-order valence-electron chi connectivity index (χ2n) is 4.23. The van der Waals surface area contributed by atoms with E-state index in [-0.39, 0.29) is 17.8 Å². The number of halogens is 2. The van der Waals surface area contributed by atoms with Gasteiger partial charge in [0, 0.05) is 3.57 Å². The van der Waals surface area contributed by atoms with E-state index in [0.29, 0.717) is 5.56 Å². The minimum atomic E-state index is -0.278. The maximum atomic E-state index is 12.8. The van der Waals surface area contributed by atoms with Crippen LogP contribution in [0.3, 0.4) is 0 Å². The maximum Gasteiger partial charge on any atom is 0.252 e. The van der Waals surface area contributed by atoms with E-state index in [9.17, 15) is 9.18 Å². The Morgan fingerprint density at radius 1 is 1.16 bits per heavy atom. The molecule has 0 aliphatic carbocycles. The van der Waals surface area contributed by atoms with Crippen molar-refractivity contribution in [2.24, 2.45) is 0 Å². The second kappa shape index (κ2) is 6.14. The minimum absolute atomic E-state index is 0.123. The third-order valence-electron chi connectivity index (χ3n) is 2.84. The molecule has 0 bridgehead atoms. The zero-order valence-electron chi connectivity index (χ0n) is 10.4. The Kier molecular flexibility index (Phi) is 4.52. The number of benzene rings is 2. The number of hydrogen-bond acceptors (Lipinski definition) is 1. The van der Waals surface area contributed by atoms with Crippen molar-refractivity contribution >= 4 is 28.5 Å². The lowest BCUT2D eigenvalue weighted by atomic mass is 10.1. The molecule has 1 N–H and O–H groups in total. The summed E-state index contributed by atoms with van der Waals surface area (Å²) in [6.07, 6.45) is 0. The highest BCUT2D eigenvalue weighted by atomic mass is 127. The van der Waals surface area contributed by atoms with Gasteiger partial charge in [-0.15, -0.1) is 0 Å². The van der Waals surface area contributed by atoms with Gasteiger partial charge in [-0.25, -0.2) is 4.39 Å². The van der Waals surface area contributed by atoms with E-state index in [4.69, 9.17) is 0 Å². The summed E-state index contributed by atoms with van der Waals surface area (Å²) in [6, 6.07) is 13.4. The topological polar surface area (TPSA) is 29.1 Å². The Balaban J connectivity index is 2.11. The lowest BCUT2D eigenvalue weighted by Gasteiger charge is -2.15. The molecular formula is C15H13FINO. The molecular weight excluding hydrogens is 356 g/mol. The van der Waals surface area contributed by atoms with Crippen molar-refractivity contribution < 1.29 is 9.18 Å². The Labute approximate surface area is 125 Å². The molecule has 1 atom stereocenters. The van der Waals surface area contributed by atoms with E-state index < -0.39 is 0 Å². The monoisotopic (exact) mass is 369 g/mol. The van der Waals surface area contributed by atoms with Crippen molar-refractivity contribution in [3.63, 3.8) is 0 Å². The summed E-state index contributed by atoms with van der Waals surface area (Å²) in [4.78, 5) is 12.1. The molecule has 2 nitrogen and oxygen atoms in total. The fourth-order valence-electron chi connectivity index (χ4n) is 1.75. The minimum Gasteiger partial charge on any atom is -0.345 e. The van der Waals surface area contributed by atoms with Crippen molar-refractivity contribution in [2.75, 3.05) is 0 Å². The van der Waals surface area contributed by atoms with Crippen LogP contribution in [0.5, 0.6) is 0 Å². The quantitative estimate of drug-likeness (QED) is 0.817. The van der Waals surface area contributed by atoms with Crippen LogP contribution in [0.4, 0.5) is 4.39 Å². The standard InChI is InChI=1S/C15H13FINO/c1-10(11-6-8-12(16)9-7-11)18-15(19)13-4-2-3-5-14(13)17/h2-10H,1H3,(H,18,19). The average Bonchev–Trinajstić information content (AvgIpc) is 2.39. The van der Waals surface area contributed by atoms with E-state index in [2.05, 4.69) is 27.9 Å². The molecule has 1 amide bonds. The van der Waals surface area contributed by atoms with E-state index in [1.54, 1.807) is 18.2 Å². The number of amides is 1. The van der Waals surface area contributed by atoms with Crippen LogP contribution in [0.2, 0.25) is 0 Å². The first-order valence-electron chi connectivity index (χ1n) is 5.89. The molecule has 0 aliphatic heterocycles. The molecule has 0 spiro atoms. The van der Waals surface area contributed by atoms with Crippen LogP contribution < -0.4 is 5.32 Å². The number of nitrogens with one attached hydrogen (secondary N) is 1. The smallest absolute Gasteiger partial charge is 0.252 e. The van der Waals surface area contributed by atoms with Gasteiger partial charge in [-0.1, -0.05) is 24.3 Å². The summed E-state index contributed by atoms with van der Waals surface area (Å²) >= 11 is 2.13. The average molecular weight is 369 g/mol. The number of rotatable bonds is 3. The van der Waals surface area contributed by atoms with Gasteiger partial charge in [0.25, 0.3) is 5.91 Å². The molecule has 0 aromatic heterocycles. The molecule has 2 aromatic rings. The van der Waals surface area contributed by atoms with Crippen LogP contribution in [-0.4, -0.2) is 5.91 Å². The Hall–Kier alpha value is -1.43. The van der Waals surface area contributed by atoms with E-state index in [1.807, 2.05) is 25.1 Å². The fraction of sp³-hybridized carbons (Fsp3) is 0.133. The zero-order valence-corrected chi connectivity index (χ0v) is 12.5. The van der Waals surface area contributed by atoms with Gasteiger partial charge in [0.15, 0.2) is 0 Å². The number of carbonyl (C=O) groups is 1. The highest BCUT2D eigenvalue weighted by Gasteiger charge is 2.13. The largest absolute Gasteiger partial charge is 0.345 e. The molecule has 0 saturated carbocycles. The highest BCUT2D eigenvalue weighted by molar-refractivity contribution is 14.1. The number of carbonyl (C=O) groups excluding carboxylic acids is 1. The van der Waals surface area contributed by atoms with Crippen LogP contribution in [0.25, 0.3) is 0 Å². The third kappa shape index (κ3) is 3.53. The van der Waals surface area contributed by atoms with Crippen LogP contribution in [0, 0.1) is 9.39 Å². The van der Waals surface area contributed by atoms with Gasteiger partial charge < -0.3 is 5.32 Å². The molecule has 0 radical (unpaired) electrons. The molecule has 0 fully saturated rings. The summed E-state index contributed by atoms with van der Waals surface area (Å²) in [5.41, 5.74) is 1.53. The van der Waals surface area contributed by atoms with E-state index in [0.717, 1.165) is 9.13 Å². The lowest BCUT2D eigenvalue weighted by Crippen LogP contribution is -2.27. The van der Waals surface area contributed by atoms with E-state index in [1.165, 1.54) is 12.1 Å². The first-order chi connectivity index (χ1) is 9.08. The first kappa shape index (κ1) is 14.0. The summed E-state index contributed by atoms with van der Waals surface area (Å²) in [7, 11) is 0. The van der Waals surface area contributed by atoms with Gasteiger partial charge in [-0.2, -0.15) is 0 Å². The molecule has 0 heterocycles. The van der Waals surface area contributed by atoms with Crippen molar-refractivity contribution in [2.45, 2.75) is 13.0 Å². The van der Waals surface area contributed by atoms with Crippen molar-refractivity contribution in [3.05, 3.63) is 69.0 Å². The van der Waals surface area contributed by atoms with Crippen LogP contribution in [0.15, 0.2) is 48.5 Å². The van der Waals surface area contributed by atoms with Crippen LogP contribution in [-0.2, 0) is 0 Å². The van der Waals surface area contributed by atoms with Gasteiger partial charge in [-0.05, 0) is 59.3 Å². The molecule has 0 saturated heterocycles. The Morgan fingerprint density at radius 2 is 1.79 bits per heavy atom.